The molecule has 2 aromatic carbocycles. The van der Waals surface area contributed by atoms with Crippen molar-refractivity contribution in [3.05, 3.63) is 70.0 Å². The predicted octanol–water partition coefficient (Wildman–Crippen LogP) is -0.0223. The molecule has 0 bridgehead atoms. The van der Waals surface area contributed by atoms with Crippen LogP contribution in [0.15, 0.2) is 53.3 Å². The Labute approximate surface area is 176 Å². The van der Waals surface area contributed by atoms with Crippen LogP contribution in [-0.2, 0) is 6.54 Å². The normalized spacial score (nSPS) is 14.6. The molecule has 4 rings (SSSR count). The molecule has 0 amide bonds. The molecule has 1 aliphatic heterocycles. The number of piperazine rings is 1. The summed E-state index contributed by atoms with van der Waals surface area (Å²) in [6.45, 7) is 6.51. The molecule has 140 valence electrons. The number of rotatable bonds is 5. The van der Waals surface area contributed by atoms with Crippen LogP contribution in [0.1, 0.15) is 12.7 Å². The van der Waals surface area contributed by atoms with Gasteiger partial charge in [-0.25, -0.2) is 4.98 Å². The topological polar surface area (TPSA) is 61.5 Å². The van der Waals surface area contributed by atoms with Crippen molar-refractivity contribution in [1.82, 2.24) is 14.5 Å². The van der Waals surface area contributed by atoms with Crippen molar-refractivity contribution in [3.8, 4) is 11.4 Å². The molecule has 0 unspecified atom stereocenters. The number of hydrogen-bond donors (Lipinski definition) is 0. The van der Waals surface area contributed by atoms with Gasteiger partial charge in [-0.2, -0.15) is 0 Å². The third kappa shape index (κ3) is 4.16. The minimum absolute atomic E-state index is 0. The van der Waals surface area contributed by atoms with Crippen LogP contribution in [0.2, 0.25) is 0 Å². The summed E-state index contributed by atoms with van der Waals surface area (Å²) in [7, 11) is 0. The Kier molecular flexibility index (Phi) is 6.92. The summed E-state index contributed by atoms with van der Waals surface area (Å²) in [6.07, 6.45) is 0. The zero-order valence-corrected chi connectivity index (χ0v) is 16.5. The van der Waals surface area contributed by atoms with Crippen LogP contribution in [0.4, 0.5) is 0 Å². The average Bonchev–Trinajstić information content (AvgIpc) is 2.70. The summed E-state index contributed by atoms with van der Waals surface area (Å²) < 4.78 is 7.49. The van der Waals surface area contributed by atoms with E-state index in [9.17, 15) is 4.79 Å². The van der Waals surface area contributed by atoms with Gasteiger partial charge in [-0.3, -0.25) is 14.3 Å². The Morgan fingerprint density at radius 2 is 1.79 bits per heavy atom. The molecule has 1 aromatic heterocycles. The van der Waals surface area contributed by atoms with E-state index in [1.165, 1.54) is 0 Å². The molecule has 6 nitrogen and oxygen atoms in total. The predicted molar refractivity (Wildman–Crippen MR) is 107 cm³/mol. The van der Waals surface area contributed by atoms with E-state index in [1.807, 2.05) is 55.5 Å². The van der Waals surface area contributed by atoms with Crippen molar-refractivity contribution < 1.29 is 23.6 Å². The quantitative estimate of drug-likeness (QED) is 0.592. The molecule has 0 N–H and O–H groups in total. The molecule has 0 radical (unpaired) electrons. The van der Waals surface area contributed by atoms with E-state index in [-0.39, 0.29) is 24.4 Å². The second-order valence-corrected chi connectivity index (χ2v) is 6.53. The van der Waals surface area contributed by atoms with Crippen LogP contribution in [0.5, 0.6) is 5.75 Å². The van der Waals surface area contributed by atoms with Gasteiger partial charge in [-0.05, 0) is 44.3 Å². The molecule has 1 fully saturated rings. The fourth-order valence-electron chi connectivity index (χ4n) is 3.46. The SMILES string of the molecule is CCOc1ccccc1-n1c(CN2CC[N-]CC2)nc2ccccc2c1=O.[Li+]. The number of aromatic nitrogens is 2. The summed E-state index contributed by atoms with van der Waals surface area (Å²) in [6, 6.07) is 15.1. The molecule has 7 heteroatoms. The molecule has 28 heavy (non-hydrogen) atoms. The average molecular weight is 370 g/mol. The Morgan fingerprint density at radius 3 is 2.57 bits per heavy atom. The van der Waals surface area contributed by atoms with Crippen molar-refractivity contribution in [2.75, 3.05) is 32.8 Å². The van der Waals surface area contributed by atoms with Gasteiger partial charge in [0.15, 0.2) is 0 Å². The number of hydrogen-bond acceptors (Lipinski definition) is 4. The van der Waals surface area contributed by atoms with E-state index in [4.69, 9.17) is 9.72 Å². The van der Waals surface area contributed by atoms with Gasteiger partial charge < -0.3 is 10.1 Å². The number of benzene rings is 2. The van der Waals surface area contributed by atoms with Crippen LogP contribution >= 0.6 is 0 Å². The number of ether oxygens (including phenoxy) is 1. The molecule has 2 heterocycles. The molecule has 0 spiro atoms. The molecule has 1 aliphatic rings. The first-order valence-electron chi connectivity index (χ1n) is 9.36. The zero-order valence-electron chi connectivity index (χ0n) is 16.5. The van der Waals surface area contributed by atoms with Crippen LogP contribution in [0.3, 0.4) is 0 Å². The number of para-hydroxylation sites is 3. The van der Waals surface area contributed by atoms with E-state index >= 15 is 0 Å². The van der Waals surface area contributed by atoms with Crippen LogP contribution < -0.4 is 29.2 Å². The fourth-order valence-corrected chi connectivity index (χ4v) is 3.46. The van der Waals surface area contributed by atoms with Gasteiger partial charge in [0.25, 0.3) is 5.56 Å². The van der Waals surface area contributed by atoms with Gasteiger partial charge in [0, 0.05) is 0 Å². The molecule has 0 saturated carbocycles. The van der Waals surface area contributed by atoms with Gasteiger partial charge >= 0.3 is 18.9 Å². The largest absolute Gasteiger partial charge is 1.00 e. The standard InChI is InChI=1S/C21H23N4O2.Li/c1-2-27-19-10-6-5-9-18(19)25-20(15-24-13-11-22-12-14-24)23-17-8-4-3-7-16(17)21(25)26;/h3-10H,2,11-15H2,1H3;/q-1;+1. The van der Waals surface area contributed by atoms with Gasteiger partial charge in [0.2, 0.25) is 0 Å². The molecule has 0 atom stereocenters. The first-order valence-corrected chi connectivity index (χ1v) is 9.36. The number of nitrogens with zero attached hydrogens (tertiary/aromatic N) is 4. The van der Waals surface area contributed by atoms with Crippen LogP contribution in [0, 0.1) is 0 Å². The molecule has 3 aromatic rings. The third-order valence-electron chi connectivity index (χ3n) is 4.76. The Hall–Kier alpha value is -2.10. The maximum absolute atomic E-state index is 13.4. The first kappa shape index (κ1) is 20.6. The van der Waals surface area contributed by atoms with Gasteiger partial charge in [0.1, 0.15) is 11.6 Å². The molecular weight excluding hydrogens is 347 g/mol. The van der Waals surface area contributed by atoms with Crippen LogP contribution in [-0.4, -0.2) is 47.2 Å². The second-order valence-electron chi connectivity index (χ2n) is 6.53. The van der Waals surface area contributed by atoms with E-state index in [0.717, 1.165) is 43.2 Å². The maximum atomic E-state index is 13.4. The minimum atomic E-state index is -0.0653. The van der Waals surface area contributed by atoms with Gasteiger partial charge in [-0.15, -0.1) is 13.1 Å². The smallest absolute Gasteiger partial charge is 0.660 e. The van der Waals surface area contributed by atoms with Gasteiger partial charge in [0.05, 0.1) is 29.7 Å². The Balaban J connectivity index is 0.00000225. The van der Waals surface area contributed by atoms with Crippen molar-refractivity contribution in [3.63, 3.8) is 0 Å². The third-order valence-corrected chi connectivity index (χ3v) is 4.76. The number of fused-ring (bicyclic) bond motifs is 1. The van der Waals surface area contributed by atoms with E-state index in [1.54, 1.807) is 4.57 Å². The van der Waals surface area contributed by atoms with E-state index in [2.05, 4.69) is 10.2 Å². The Bertz CT molecular complexity index is 999. The summed E-state index contributed by atoms with van der Waals surface area (Å²) in [5.41, 5.74) is 1.40. The molecule has 0 aliphatic carbocycles. The Morgan fingerprint density at radius 1 is 1.07 bits per heavy atom. The minimum Gasteiger partial charge on any atom is -0.660 e. The van der Waals surface area contributed by atoms with Crippen LogP contribution in [0.25, 0.3) is 21.9 Å². The summed E-state index contributed by atoms with van der Waals surface area (Å²) in [5.74, 6) is 1.42. The van der Waals surface area contributed by atoms with Gasteiger partial charge in [-0.1, -0.05) is 24.3 Å². The van der Waals surface area contributed by atoms with Crippen molar-refractivity contribution in [2.45, 2.75) is 13.5 Å². The van der Waals surface area contributed by atoms with E-state index in [0.29, 0.717) is 24.3 Å². The summed E-state index contributed by atoms with van der Waals surface area (Å²) in [5, 5.41) is 5.02. The summed E-state index contributed by atoms with van der Waals surface area (Å²) >= 11 is 0. The van der Waals surface area contributed by atoms with Crippen molar-refractivity contribution in [2.24, 2.45) is 0 Å². The summed E-state index contributed by atoms with van der Waals surface area (Å²) in [4.78, 5) is 20.5. The monoisotopic (exact) mass is 370 g/mol. The maximum Gasteiger partial charge on any atom is 1.00 e. The van der Waals surface area contributed by atoms with Crippen molar-refractivity contribution >= 4 is 10.9 Å². The molecular formula is C21H23LiN4O2. The van der Waals surface area contributed by atoms with E-state index < -0.39 is 0 Å². The fraction of sp³-hybridized carbons (Fsp3) is 0.333. The zero-order chi connectivity index (χ0) is 18.6. The first-order chi connectivity index (χ1) is 13.3. The second kappa shape index (κ2) is 9.40. The van der Waals surface area contributed by atoms with Crippen molar-refractivity contribution in [1.29, 1.82) is 0 Å². The molecule has 1 saturated heterocycles.